The van der Waals surface area contributed by atoms with Crippen LogP contribution >= 0.6 is 11.6 Å². The van der Waals surface area contributed by atoms with Crippen LogP contribution in [0.15, 0.2) is 24.3 Å². The first-order valence-electron chi connectivity index (χ1n) is 7.37. The van der Waals surface area contributed by atoms with E-state index in [0.29, 0.717) is 12.1 Å². The molecule has 0 aliphatic rings. The quantitative estimate of drug-likeness (QED) is 0.595. The van der Waals surface area contributed by atoms with Crippen LogP contribution in [0.1, 0.15) is 20.7 Å². The SMILES string of the molecule is COc1cc(C(=O)NNC(=O)c2cc(F)c(F)cc2Cl)cc(OC)c1OC. The lowest BCUT2D eigenvalue weighted by atomic mass is 10.1. The second-order valence-corrected chi connectivity index (χ2v) is 5.48. The standard InChI is InChI=1S/C17H15ClF2N2O5/c1-25-13-4-8(5-14(26-2)15(13)27-3)16(23)21-22-17(24)9-6-11(19)12(20)7-10(9)18/h4-7H,1-3H3,(H,21,23)(H,22,24). The Morgan fingerprint density at radius 1 is 0.852 bits per heavy atom. The molecule has 7 nitrogen and oxygen atoms in total. The van der Waals surface area contributed by atoms with Gasteiger partial charge in [-0.25, -0.2) is 8.78 Å². The highest BCUT2D eigenvalue weighted by atomic mass is 35.5. The van der Waals surface area contributed by atoms with Gasteiger partial charge in [-0.1, -0.05) is 11.6 Å². The van der Waals surface area contributed by atoms with Crippen molar-refractivity contribution >= 4 is 23.4 Å². The van der Waals surface area contributed by atoms with Crippen LogP contribution in [0.25, 0.3) is 0 Å². The van der Waals surface area contributed by atoms with Gasteiger partial charge in [0.2, 0.25) is 5.75 Å². The van der Waals surface area contributed by atoms with Gasteiger partial charge in [0.15, 0.2) is 23.1 Å². The molecule has 27 heavy (non-hydrogen) atoms. The van der Waals surface area contributed by atoms with Gasteiger partial charge >= 0.3 is 0 Å². The summed E-state index contributed by atoms with van der Waals surface area (Å²) in [6, 6.07) is 4.02. The molecule has 0 atom stereocenters. The van der Waals surface area contributed by atoms with Crippen LogP contribution in [0.2, 0.25) is 5.02 Å². The van der Waals surface area contributed by atoms with Crippen molar-refractivity contribution in [2.75, 3.05) is 21.3 Å². The molecular weight excluding hydrogens is 386 g/mol. The van der Waals surface area contributed by atoms with Crippen molar-refractivity contribution in [3.05, 3.63) is 52.0 Å². The molecule has 0 bridgehead atoms. The molecule has 0 spiro atoms. The molecule has 0 aliphatic heterocycles. The van der Waals surface area contributed by atoms with Crippen LogP contribution in [0.5, 0.6) is 17.2 Å². The van der Waals surface area contributed by atoms with E-state index in [2.05, 4.69) is 10.9 Å². The van der Waals surface area contributed by atoms with Gasteiger partial charge in [0, 0.05) is 5.56 Å². The molecule has 2 amide bonds. The number of carbonyl (C=O) groups is 2. The maximum atomic E-state index is 13.3. The summed E-state index contributed by atoms with van der Waals surface area (Å²) < 4.78 is 41.8. The Hall–Kier alpha value is -3.07. The van der Waals surface area contributed by atoms with E-state index >= 15 is 0 Å². The predicted molar refractivity (Wildman–Crippen MR) is 92.4 cm³/mol. The van der Waals surface area contributed by atoms with Crippen molar-refractivity contribution in [2.45, 2.75) is 0 Å². The lowest BCUT2D eigenvalue weighted by molar-refractivity contribution is 0.0846. The minimum Gasteiger partial charge on any atom is -0.493 e. The molecule has 0 heterocycles. The monoisotopic (exact) mass is 400 g/mol. The van der Waals surface area contributed by atoms with Gasteiger partial charge in [0.25, 0.3) is 11.8 Å². The second-order valence-electron chi connectivity index (χ2n) is 5.07. The van der Waals surface area contributed by atoms with Gasteiger partial charge < -0.3 is 14.2 Å². The molecule has 2 aromatic rings. The normalized spacial score (nSPS) is 10.1. The van der Waals surface area contributed by atoms with Gasteiger partial charge in [-0.2, -0.15) is 0 Å². The molecule has 0 unspecified atom stereocenters. The smallest absolute Gasteiger partial charge is 0.271 e. The van der Waals surface area contributed by atoms with Crippen molar-refractivity contribution < 1.29 is 32.6 Å². The summed E-state index contributed by atoms with van der Waals surface area (Å²) in [5, 5.41) is -0.312. The van der Waals surface area contributed by atoms with Crippen molar-refractivity contribution in [3.8, 4) is 17.2 Å². The Morgan fingerprint density at radius 2 is 1.37 bits per heavy atom. The zero-order valence-electron chi connectivity index (χ0n) is 14.5. The number of amides is 2. The summed E-state index contributed by atoms with van der Waals surface area (Å²) in [5.41, 5.74) is 3.93. The number of carbonyl (C=O) groups excluding carboxylic acids is 2. The lowest BCUT2D eigenvalue weighted by Gasteiger charge is -2.14. The average molecular weight is 401 g/mol. The van der Waals surface area contributed by atoms with E-state index in [4.69, 9.17) is 25.8 Å². The van der Waals surface area contributed by atoms with Crippen LogP contribution in [-0.4, -0.2) is 33.1 Å². The number of hydrogen-bond acceptors (Lipinski definition) is 5. The summed E-state index contributed by atoms with van der Waals surface area (Å²) in [7, 11) is 4.17. The number of ether oxygens (including phenoxy) is 3. The molecule has 0 aromatic heterocycles. The van der Waals surface area contributed by atoms with E-state index in [9.17, 15) is 18.4 Å². The number of hydrazine groups is 1. The van der Waals surface area contributed by atoms with Gasteiger partial charge in [-0.15, -0.1) is 0 Å². The highest BCUT2D eigenvalue weighted by Gasteiger charge is 2.19. The topological polar surface area (TPSA) is 85.9 Å². The third kappa shape index (κ3) is 4.37. The maximum Gasteiger partial charge on any atom is 0.271 e. The minimum absolute atomic E-state index is 0.0844. The average Bonchev–Trinajstić information content (AvgIpc) is 2.67. The predicted octanol–water partition coefficient (Wildman–Crippen LogP) is 2.72. The Labute approximate surface area is 158 Å². The van der Waals surface area contributed by atoms with Crippen molar-refractivity contribution in [2.24, 2.45) is 0 Å². The second kappa shape index (κ2) is 8.54. The van der Waals surface area contributed by atoms with Gasteiger partial charge in [0.05, 0.1) is 31.9 Å². The van der Waals surface area contributed by atoms with E-state index in [1.165, 1.54) is 33.5 Å². The highest BCUT2D eigenvalue weighted by Crippen LogP contribution is 2.38. The molecule has 0 saturated carbocycles. The molecule has 0 fully saturated rings. The number of methoxy groups -OCH3 is 3. The van der Waals surface area contributed by atoms with Gasteiger partial charge in [-0.3, -0.25) is 20.4 Å². The molecule has 2 aromatic carbocycles. The van der Waals surface area contributed by atoms with E-state index < -0.39 is 23.4 Å². The number of halogens is 3. The molecule has 144 valence electrons. The number of rotatable bonds is 5. The molecule has 10 heteroatoms. The van der Waals surface area contributed by atoms with Crippen molar-refractivity contribution in [3.63, 3.8) is 0 Å². The Balaban J connectivity index is 2.18. The van der Waals surface area contributed by atoms with E-state index in [1.54, 1.807) is 0 Å². The molecule has 0 saturated heterocycles. The maximum absolute atomic E-state index is 13.3. The van der Waals surface area contributed by atoms with Gasteiger partial charge in [-0.05, 0) is 24.3 Å². The number of nitrogens with one attached hydrogen (secondary N) is 2. The summed E-state index contributed by atoms with van der Waals surface area (Å²) >= 11 is 5.71. The Morgan fingerprint density at radius 3 is 1.89 bits per heavy atom. The zero-order valence-corrected chi connectivity index (χ0v) is 15.2. The number of hydrogen-bond donors (Lipinski definition) is 2. The van der Waals surface area contributed by atoms with Crippen molar-refractivity contribution in [1.82, 2.24) is 10.9 Å². The van der Waals surface area contributed by atoms with E-state index in [0.717, 1.165) is 0 Å². The Bertz CT molecular complexity index is 867. The summed E-state index contributed by atoms with van der Waals surface area (Å²) in [4.78, 5) is 24.3. The Kier molecular flexibility index (Phi) is 6.40. The molecule has 0 radical (unpaired) electrons. The summed E-state index contributed by atoms with van der Waals surface area (Å²) in [6.45, 7) is 0. The number of benzene rings is 2. The van der Waals surface area contributed by atoms with Crippen LogP contribution in [0.3, 0.4) is 0 Å². The van der Waals surface area contributed by atoms with Gasteiger partial charge in [0.1, 0.15) is 0 Å². The fraction of sp³-hybridized carbons (Fsp3) is 0.176. The van der Waals surface area contributed by atoms with Crippen LogP contribution in [-0.2, 0) is 0 Å². The van der Waals surface area contributed by atoms with Crippen molar-refractivity contribution in [1.29, 1.82) is 0 Å². The largest absolute Gasteiger partial charge is 0.493 e. The molecule has 2 N–H and O–H groups in total. The third-order valence-corrected chi connectivity index (χ3v) is 3.78. The van der Waals surface area contributed by atoms with E-state index in [-0.39, 0.29) is 33.4 Å². The van der Waals surface area contributed by atoms with Crippen LogP contribution < -0.4 is 25.1 Å². The molecular formula is C17H15ClF2N2O5. The third-order valence-electron chi connectivity index (χ3n) is 3.47. The highest BCUT2D eigenvalue weighted by molar-refractivity contribution is 6.33. The summed E-state index contributed by atoms with van der Waals surface area (Å²) in [6.07, 6.45) is 0. The van der Waals surface area contributed by atoms with Crippen LogP contribution in [0, 0.1) is 11.6 Å². The minimum atomic E-state index is -1.25. The first-order chi connectivity index (χ1) is 12.8. The fourth-order valence-electron chi connectivity index (χ4n) is 2.16. The molecule has 0 aliphatic carbocycles. The fourth-order valence-corrected chi connectivity index (χ4v) is 2.40. The summed E-state index contributed by atoms with van der Waals surface area (Å²) in [5.74, 6) is -3.34. The van der Waals surface area contributed by atoms with Crippen LogP contribution in [0.4, 0.5) is 8.78 Å². The molecule has 2 rings (SSSR count). The van der Waals surface area contributed by atoms with E-state index in [1.807, 2.05) is 0 Å². The zero-order chi connectivity index (χ0) is 20.1. The first-order valence-corrected chi connectivity index (χ1v) is 7.75. The first kappa shape index (κ1) is 20.2. The lowest BCUT2D eigenvalue weighted by Crippen LogP contribution is -2.41.